The zero-order chi connectivity index (χ0) is 14.4. The van der Waals surface area contributed by atoms with Crippen LogP contribution in [0.2, 0.25) is 0 Å². The first-order valence-corrected chi connectivity index (χ1v) is 8.02. The topological polar surface area (TPSA) is 35.2 Å². The number of rotatable bonds is 7. The van der Waals surface area contributed by atoms with E-state index in [1.165, 1.54) is 43.2 Å². The normalized spacial score (nSPS) is 18.9. The molecule has 0 saturated carbocycles. The first-order chi connectivity index (χ1) is 9.62. The molecule has 0 aliphatic heterocycles. The summed E-state index contributed by atoms with van der Waals surface area (Å²) in [5, 5.41) is 0. The highest BCUT2D eigenvalue weighted by molar-refractivity contribution is 5.31. The Kier molecular flexibility index (Phi) is 5.62. The maximum absolute atomic E-state index is 6.13. The Balaban J connectivity index is 1.73. The third-order valence-electron chi connectivity index (χ3n) is 4.43. The monoisotopic (exact) mass is 275 g/mol. The highest BCUT2D eigenvalue weighted by atomic mass is 16.5. The lowest BCUT2D eigenvalue weighted by molar-refractivity contribution is 0.0372. The van der Waals surface area contributed by atoms with E-state index in [1.807, 2.05) is 0 Å². The standard InChI is InChI=1S/C18H29NO/c1-18(2,14-19)12-5-6-13-20-17-11-7-9-15-8-3-4-10-16(15)17/h3-4,8,10,17H,5-7,9,11-14,19H2,1-2H3. The Labute approximate surface area is 123 Å². The number of nitrogens with two attached hydrogens (primary N) is 1. The summed E-state index contributed by atoms with van der Waals surface area (Å²) in [6.45, 7) is 6.12. The van der Waals surface area contributed by atoms with Crippen LogP contribution in [-0.4, -0.2) is 13.2 Å². The summed E-state index contributed by atoms with van der Waals surface area (Å²) in [6.07, 6.45) is 7.49. The zero-order valence-corrected chi connectivity index (χ0v) is 13.0. The van der Waals surface area contributed by atoms with Gasteiger partial charge in [0, 0.05) is 6.61 Å². The number of benzene rings is 1. The van der Waals surface area contributed by atoms with Crippen LogP contribution in [0, 0.1) is 5.41 Å². The Hall–Kier alpha value is -0.860. The molecule has 2 rings (SSSR count). The van der Waals surface area contributed by atoms with Gasteiger partial charge in [0.05, 0.1) is 6.10 Å². The van der Waals surface area contributed by atoms with Crippen molar-refractivity contribution in [2.75, 3.05) is 13.2 Å². The highest BCUT2D eigenvalue weighted by Crippen LogP contribution is 2.32. The van der Waals surface area contributed by atoms with E-state index in [0.717, 1.165) is 19.6 Å². The zero-order valence-electron chi connectivity index (χ0n) is 13.0. The second-order valence-corrected chi connectivity index (χ2v) is 6.78. The minimum atomic E-state index is 0.275. The predicted molar refractivity (Wildman–Crippen MR) is 84.8 cm³/mol. The molecule has 2 N–H and O–H groups in total. The van der Waals surface area contributed by atoms with Crippen molar-refractivity contribution in [2.24, 2.45) is 11.1 Å². The molecule has 1 unspecified atom stereocenters. The molecule has 0 radical (unpaired) electrons. The van der Waals surface area contributed by atoms with E-state index in [-0.39, 0.29) is 5.41 Å². The molecule has 112 valence electrons. The van der Waals surface area contributed by atoms with Crippen molar-refractivity contribution < 1.29 is 4.74 Å². The van der Waals surface area contributed by atoms with Gasteiger partial charge in [0.15, 0.2) is 0 Å². The molecular weight excluding hydrogens is 246 g/mol. The molecule has 1 aliphatic carbocycles. The molecule has 0 amide bonds. The molecule has 20 heavy (non-hydrogen) atoms. The van der Waals surface area contributed by atoms with E-state index in [9.17, 15) is 0 Å². The van der Waals surface area contributed by atoms with E-state index < -0.39 is 0 Å². The molecule has 0 bridgehead atoms. The number of hydrogen-bond acceptors (Lipinski definition) is 2. The maximum atomic E-state index is 6.13. The van der Waals surface area contributed by atoms with Crippen molar-refractivity contribution in [3.05, 3.63) is 35.4 Å². The van der Waals surface area contributed by atoms with Crippen LogP contribution in [0.25, 0.3) is 0 Å². The first-order valence-electron chi connectivity index (χ1n) is 8.02. The first kappa shape index (κ1) is 15.5. The van der Waals surface area contributed by atoms with Crippen molar-refractivity contribution in [1.82, 2.24) is 0 Å². The molecule has 0 fully saturated rings. The molecule has 1 aromatic rings. The Morgan fingerprint density at radius 2 is 2.05 bits per heavy atom. The van der Waals surface area contributed by atoms with Crippen molar-refractivity contribution >= 4 is 0 Å². The van der Waals surface area contributed by atoms with Gasteiger partial charge in [0.2, 0.25) is 0 Å². The van der Waals surface area contributed by atoms with Gasteiger partial charge in [0.25, 0.3) is 0 Å². The maximum Gasteiger partial charge on any atom is 0.0827 e. The van der Waals surface area contributed by atoms with Gasteiger partial charge < -0.3 is 10.5 Å². The summed E-state index contributed by atoms with van der Waals surface area (Å²) in [5.74, 6) is 0. The number of fused-ring (bicyclic) bond motifs is 1. The minimum absolute atomic E-state index is 0.275. The molecule has 0 saturated heterocycles. The summed E-state index contributed by atoms with van der Waals surface area (Å²) >= 11 is 0. The Bertz CT molecular complexity index is 414. The molecule has 2 heteroatoms. The summed E-state index contributed by atoms with van der Waals surface area (Å²) < 4.78 is 6.13. The van der Waals surface area contributed by atoms with Crippen LogP contribution < -0.4 is 5.73 Å². The van der Waals surface area contributed by atoms with Gasteiger partial charge in [-0.2, -0.15) is 0 Å². The third kappa shape index (κ3) is 4.32. The molecular formula is C18H29NO. The lowest BCUT2D eigenvalue weighted by Crippen LogP contribution is -2.23. The quantitative estimate of drug-likeness (QED) is 0.756. The van der Waals surface area contributed by atoms with Gasteiger partial charge in [-0.25, -0.2) is 0 Å². The Morgan fingerprint density at radius 3 is 2.85 bits per heavy atom. The molecule has 1 aliphatic rings. The smallest absolute Gasteiger partial charge is 0.0827 e. The molecule has 0 spiro atoms. The molecule has 0 heterocycles. The van der Waals surface area contributed by atoms with Crippen LogP contribution >= 0.6 is 0 Å². The molecule has 1 atom stereocenters. The third-order valence-corrected chi connectivity index (χ3v) is 4.43. The molecule has 2 nitrogen and oxygen atoms in total. The van der Waals surface area contributed by atoms with Crippen molar-refractivity contribution in [1.29, 1.82) is 0 Å². The summed E-state index contributed by atoms with van der Waals surface area (Å²) in [5.41, 5.74) is 8.93. The molecule has 0 aromatic heterocycles. The molecule has 1 aromatic carbocycles. The van der Waals surface area contributed by atoms with Crippen molar-refractivity contribution in [3.63, 3.8) is 0 Å². The number of unbranched alkanes of at least 4 members (excludes halogenated alkanes) is 1. The van der Waals surface area contributed by atoms with Crippen molar-refractivity contribution in [2.45, 2.75) is 58.5 Å². The summed E-state index contributed by atoms with van der Waals surface area (Å²) in [6, 6.07) is 8.74. The average Bonchev–Trinajstić information content (AvgIpc) is 2.47. The second kappa shape index (κ2) is 7.24. The Morgan fingerprint density at radius 1 is 1.25 bits per heavy atom. The lowest BCUT2D eigenvalue weighted by Gasteiger charge is -2.26. The van der Waals surface area contributed by atoms with Crippen molar-refractivity contribution in [3.8, 4) is 0 Å². The lowest BCUT2D eigenvalue weighted by atomic mass is 9.87. The van der Waals surface area contributed by atoms with Gasteiger partial charge in [-0.05, 0) is 55.2 Å². The van der Waals surface area contributed by atoms with Gasteiger partial charge in [-0.3, -0.25) is 0 Å². The average molecular weight is 275 g/mol. The van der Waals surface area contributed by atoms with Crippen LogP contribution in [0.15, 0.2) is 24.3 Å². The summed E-state index contributed by atoms with van der Waals surface area (Å²) in [7, 11) is 0. The predicted octanol–water partition coefficient (Wildman–Crippen LogP) is 4.24. The fraction of sp³-hybridized carbons (Fsp3) is 0.667. The van der Waals surface area contributed by atoms with E-state index in [4.69, 9.17) is 10.5 Å². The largest absolute Gasteiger partial charge is 0.374 e. The fourth-order valence-electron chi connectivity index (χ4n) is 2.92. The number of ether oxygens (including phenoxy) is 1. The van der Waals surface area contributed by atoms with E-state index in [2.05, 4.69) is 38.1 Å². The number of aryl methyl sites for hydroxylation is 1. The van der Waals surface area contributed by atoms with Crippen LogP contribution in [0.4, 0.5) is 0 Å². The van der Waals surface area contributed by atoms with Gasteiger partial charge in [0.1, 0.15) is 0 Å². The minimum Gasteiger partial charge on any atom is -0.374 e. The van der Waals surface area contributed by atoms with Gasteiger partial charge >= 0.3 is 0 Å². The van der Waals surface area contributed by atoms with Crippen LogP contribution in [0.1, 0.15) is 63.2 Å². The van der Waals surface area contributed by atoms with Crippen LogP contribution in [0.5, 0.6) is 0 Å². The van der Waals surface area contributed by atoms with Crippen LogP contribution in [-0.2, 0) is 11.2 Å². The SMILES string of the molecule is CC(C)(CN)CCCCOC1CCCc2ccccc21. The van der Waals surface area contributed by atoms with Gasteiger partial charge in [-0.15, -0.1) is 0 Å². The fourth-order valence-corrected chi connectivity index (χ4v) is 2.92. The van der Waals surface area contributed by atoms with E-state index in [1.54, 1.807) is 0 Å². The van der Waals surface area contributed by atoms with E-state index in [0.29, 0.717) is 6.10 Å². The van der Waals surface area contributed by atoms with Crippen LogP contribution in [0.3, 0.4) is 0 Å². The summed E-state index contributed by atoms with van der Waals surface area (Å²) in [4.78, 5) is 0. The van der Waals surface area contributed by atoms with E-state index >= 15 is 0 Å². The second-order valence-electron chi connectivity index (χ2n) is 6.78. The highest BCUT2D eigenvalue weighted by Gasteiger charge is 2.20. The van der Waals surface area contributed by atoms with Gasteiger partial charge in [-0.1, -0.05) is 44.5 Å². The number of hydrogen-bond donors (Lipinski definition) is 1.